The fourth-order valence-electron chi connectivity index (χ4n) is 2.67. The maximum Gasteiger partial charge on any atom is 0.194 e. The number of furan rings is 1. The molecule has 2 aromatic heterocycles. The standard InChI is InChI=1S/C18H28ClN5O.HI/c1-6-20-18(24(5)13-15-10-14(19)12-23(15)4)21-11-16(22(2)3)17-8-7-9-25-17;/h7-10,12,16H,6,11,13H2,1-5H3,(H,20,21);1H. The predicted octanol–water partition coefficient (Wildman–Crippen LogP) is 3.59. The number of hydrogen-bond acceptors (Lipinski definition) is 3. The van der Waals surface area contributed by atoms with Crippen molar-refractivity contribution in [2.75, 3.05) is 34.2 Å². The lowest BCUT2D eigenvalue weighted by molar-refractivity contribution is 0.264. The minimum Gasteiger partial charge on any atom is -0.468 e. The van der Waals surface area contributed by atoms with Gasteiger partial charge in [-0.05, 0) is 39.2 Å². The van der Waals surface area contributed by atoms with Crippen LogP contribution in [0.25, 0.3) is 0 Å². The molecule has 0 aliphatic heterocycles. The van der Waals surface area contributed by atoms with E-state index >= 15 is 0 Å². The summed E-state index contributed by atoms with van der Waals surface area (Å²) in [6, 6.07) is 5.98. The first-order valence-corrected chi connectivity index (χ1v) is 8.80. The molecule has 0 aliphatic carbocycles. The zero-order valence-corrected chi connectivity index (χ0v) is 19.2. The van der Waals surface area contributed by atoms with E-state index in [2.05, 4.69) is 22.0 Å². The molecule has 146 valence electrons. The Morgan fingerprint density at radius 2 is 2.12 bits per heavy atom. The molecule has 1 unspecified atom stereocenters. The van der Waals surface area contributed by atoms with Gasteiger partial charge in [0.15, 0.2) is 5.96 Å². The number of aryl methyl sites for hydroxylation is 1. The van der Waals surface area contributed by atoms with E-state index in [-0.39, 0.29) is 30.0 Å². The Hall–Kier alpha value is -1.19. The van der Waals surface area contributed by atoms with Gasteiger partial charge in [-0.2, -0.15) is 0 Å². The minimum atomic E-state index is 0. The molecule has 0 saturated carbocycles. The Morgan fingerprint density at radius 1 is 1.38 bits per heavy atom. The summed E-state index contributed by atoms with van der Waals surface area (Å²) in [5, 5.41) is 4.10. The Labute approximate surface area is 178 Å². The molecule has 0 saturated heterocycles. The summed E-state index contributed by atoms with van der Waals surface area (Å²) >= 11 is 6.08. The van der Waals surface area contributed by atoms with Gasteiger partial charge in [-0.25, -0.2) is 0 Å². The fourth-order valence-corrected chi connectivity index (χ4v) is 2.94. The summed E-state index contributed by atoms with van der Waals surface area (Å²) in [4.78, 5) is 9.03. The molecule has 0 aromatic carbocycles. The fraction of sp³-hybridized carbons (Fsp3) is 0.500. The third-order valence-corrected chi connectivity index (χ3v) is 4.29. The second-order valence-corrected chi connectivity index (χ2v) is 6.74. The van der Waals surface area contributed by atoms with Gasteiger partial charge in [0.2, 0.25) is 0 Å². The molecule has 2 aromatic rings. The van der Waals surface area contributed by atoms with Crippen molar-refractivity contribution in [2.24, 2.45) is 12.0 Å². The van der Waals surface area contributed by atoms with Crippen LogP contribution in [0.4, 0.5) is 0 Å². The summed E-state index contributed by atoms with van der Waals surface area (Å²) in [5.41, 5.74) is 1.13. The molecular formula is C18H29ClIN5O. The average molecular weight is 494 g/mol. The number of rotatable bonds is 7. The van der Waals surface area contributed by atoms with E-state index in [1.54, 1.807) is 6.26 Å². The van der Waals surface area contributed by atoms with Crippen molar-refractivity contribution in [3.63, 3.8) is 0 Å². The van der Waals surface area contributed by atoms with Crippen LogP contribution in [0.3, 0.4) is 0 Å². The van der Waals surface area contributed by atoms with Gasteiger partial charge in [-0.3, -0.25) is 9.89 Å². The number of aliphatic imine (C=N–C) groups is 1. The van der Waals surface area contributed by atoms with Crippen LogP contribution >= 0.6 is 35.6 Å². The van der Waals surface area contributed by atoms with Crippen molar-refractivity contribution < 1.29 is 4.42 Å². The van der Waals surface area contributed by atoms with E-state index in [1.807, 2.05) is 57.2 Å². The SMILES string of the molecule is CCNC(=NCC(c1ccco1)N(C)C)N(C)Cc1cc(Cl)cn1C.I. The highest BCUT2D eigenvalue weighted by Crippen LogP contribution is 2.19. The van der Waals surface area contributed by atoms with Crippen molar-refractivity contribution in [1.82, 2.24) is 19.7 Å². The Kier molecular flexibility index (Phi) is 9.52. The molecule has 2 heterocycles. The van der Waals surface area contributed by atoms with Gasteiger partial charge < -0.3 is 19.2 Å². The van der Waals surface area contributed by atoms with Gasteiger partial charge in [-0.1, -0.05) is 11.6 Å². The van der Waals surface area contributed by atoms with Crippen LogP contribution in [0, 0.1) is 0 Å². The molecule has 8 heteroatoms. The number of guanidine groups is 1. The number of nitrogens with zero attached hydrogens (tertiary/aromatic N) is 4. The van der Waals surface area contributed by atoms with Gasteiger partial charge in [0.05, 0.1) is 30.4 Å². The molecule has 0 aliphatic rings. The van der Waals surface area contributed by atoms with Crippen molar-refractivity contribution in [3.05, 3.63) is 47.1 Å². The second-order valence-electron chi connectivity index (χ2n) is 6.31. The maximum atomic E-state index is 6.08. The highest BCUT2D eigenvalue weighted by atomic mass is 127. The molecule has 0 spiro atoms. The quantitative estimate of drug-likeness (QED) is 0.364. The first kappa shape index (κ1) is 22.9. The molecular weight excluding hydrogens is 465 g/mol. The van der Waals surface area contributed by atoms with Gasteiger partial charge in [0.1, 0.15) is 5.76 Å². The predicted molar refractivity (Wildman–Crippen MR) is 118 cm³/mol. The largest absolute Gasteiger partial charge is 0.468 e. The molecule has 2 rings (SSSR count). The zero-order valence-electron chi connectivity index (χ0n) is 16.1. The van der Waals surface area contributed by atoms with Gasteiger partial charge in [0, 0.05) is 32.5 Å². The van der Waals surface area contributed by atoms with Gasteiger partial charge >= 0.3 is 0 Å². The topological polar surface area (TPSA) is 48.9 Å². The number of nitrogens with one attached hydrogen (secondary N) is 1. The summed E-state index contributed by atoms with van der Waals surface area (Å²) < 4.78 is 7.60. The smallest absolute Gasteiger partial charge is 0.194 e. The summed E-state index contributed by atoms with van der Waals surface area (Å²) in [6.07, 6.45) is 3.61. The molecule has 0 radical (unpaired) electrons. The van der Waals surface area contributed by atoms with Crippen LogP contribution in [0.15, 0.2) is 40.1 Å². The van der Waals surface area contributed by atoms with Crippen LogP contribution in [0.2, 0.25) is 5.02 Å². The number of likely N-dealkylation sites (N-methyl/N-ethyl adjacent to an activating group) is 1. The Morgan fingerprint density at radius 3 is 2.62 bits per heavy atom. The molecule has 0 amide bonds. The van der Waals surface area contributed by atoms with E-state index in [1.165, 1.54) is 0 Å². The molecule has 1 N–H and O–H groups in total. The zero-order chi connectivity index (χ0) is 18.4. The lowest BCUT2D eigenvalue weighted by atomic mass is 10.2. The molecule has 1 atom stereocenters. The monoisotopic (exact) mass is 493 g/mol. The van der Waals surface area contributed by atoms with E-state index in [0.29, 0.717) is 6.54 Å². The molecule has 26 heavy (non-hydrogen) atoms. The second kappa shape index (κ2) is 10.8. The van der Waals surface area contributed by atoms with Crippen LogP contribution < -0.4 is 5.32 Å². The van der Waals surface area contributed by atoms with Gasteiger partial charge in [-0.15, -0.1) is 24.0 Å². The third kappa shape index (κ3) is 6.21. The van der Waals surface area contributed by atoms with Gasteiger partial charge in [0.25, 0.3) is 0 Å². The first-order valence-electron chi connectivity index (χ1n) is 8.42. The summed E-state index contributed by atoms with van der Waals surface area (Å²) in [7, 11) is 8.09. The van der Waals surface area contributed by atoms with E-state index in [0.717, 1.165) is 35.5 Å². The summed E-state index contributed by atoms with van der Waals surface area (Å²) in [5.74, 6) is 1.78. The van der Waals surface area contributed by atoms with E-state index < -0.39 is 0 Å². The van der Waals surface area contributed by atoms with Crippen molar-refractivity contribution in [1.29, 1.82) is 0 Å². The highest BCUT2D eigenvalue weighted by molar-refractivity contribution is 14.0. The normalized spacial score (nSPS) is 12.8. The molecule has 0 bridgehead atoms. The van der Waals surface area contributed by atoms with Crippen LogP contribution in [-0.2, 0) is 13.6 Å². The number of aromatic nitrogens is 1. The first-order chi connectivity index (χ1) is 11.9. The number of halogens is 2. The van der Waals surface area contributed by atoms with Crippen LogP contribution in [0.5, 0.6) is 0 Å². The van der Waals surface area contributed by atoms with Crippen LogP contribution in [0.1, 0.15) is 24.4 Å². The lowest BCUT2D eigenvalue weighted by Gasteiger charge is -2.25. The lowest BCUT2D eigenvalue weighted by Crippen LogP contribution is -2.39. The molecule has 6 nitrogen and oxygen atoms in total. The average Bonchev–Trinajstić information content (AvgIpc) is 3.16. The van der Waals surface area contributed by atoms with E-state index in [9.17, 15) is 0 Å². The highest BCUT2D eigenvalue weighted by Gasteiger charge is 2.17. The van der Waals surface area contributed by atoms with Crippen molar-refractivity contribution in [3.8, 4) is 0 Å². The third-order valence-electron chi connectivity index (χ3n) is 4.08. The maximum absolute atomic E-state index is 6.08. The Bertz CT molecular complexity index is 684. The van der Waals surface area contributed by atoms with Crippen molar-refractivity contribution in [2.45, 2.75) is 19.5 Å². The number of hydrogen-bond donors (Lipinski definition) is 1. The minimum absolute atomic E-state index is 0. The van der Waals surface area contributed by atoms with E-state index in [4.69, 9.17) is 21.0 Å². The van der Waals surface area contributed by atoms with Crippen molar-refractivity contribution >= 4 is 41.5 Å². The Balaban J connectivity index is 0.00000338. The molecule has 0 fully saturated rings. The summed E-state index contributed by atoms with van der Waals surface area (Å²) in [6.45, 7) is 4.21. The van der Waals surface area contributed by atoms with Crippen LogP contribution in [-0.4, -0.2) is 54.6 Å².